The van der Waals surface area contributed by atoms with Crippen LogP contribution in [0.5, 0.6) is 11.5 Å². The van der Waals surface area contributed by atoms with Crippen LogP contribution in [0.4, 0.5) is 5.69 Å². The van der Waals surface area contributed by atoms with E-state index < -0.39 is 0 Å². The molecule has 0 unspecified atom stereocenters. The fourth-order valence-electron chi connectivity index (χ4n) is 2.34. The van der Waals surface area contributed by atoms with Crippen molar-refractivity contribution in [3.8, 4) is 11.5 Å². The van der Waals surface area contributed by atoms with Crippen LogP contribution < -0.4 is 20.5 Å². The first-order valence-corrected chi connectivity index (χ1v) is 8.19. The van der Waals surface area contributed by atoms with Crippen molar-refractivity contribution in [3.63, 3.8) is 0 Å². The Kier molecular flexibility index (Phi) is 6.73. The number of benzene rings is 2. The van der Waals surface area contributed by atoms with E-state index in [0.29, 0.717) is 12.5 Å². The number of nitrogens with zero attached hydrogens (tertiary/aromatic N) is 1. The molecule has 7 heteroatoms. The third kappa shape index (κ3) is 4.54. The number of hydrogen-bond acceptors (Lipinski definition) is 3. The number of hydrogen-bond donors (Lipinski definition) is 2. The SMILES string of the molecule is CCc1cccc(NC(N)=NCc2cc(Br)c3c(c2)OCO3)c1.I. The summed E-state index contributed by atoms with van der Waals surface area (Å²) in [5.74, 6) is 1.85. The minimum Gasteiger partial charge on any atom is -0.454 e. The van der Waals surface area contributed by atoms with Gasteiger partial charge in [0.1, 0.15) is 0 Å². The van der Waals surface area contributed by atoms with Crippen molar-refractivity contribution in [1.29, 1.82) is 0 Å². The summed E-state index contributed by atoms with van der Waals surface area (Å²) >= 11 is 3.47. The van der Waals surface area contributed by atoms with Gasteiger partial charge in [0, 0.05) is 5.69 Å². The fourth-order valence-corrected chi connectivity index (χ4v) is 2.95. The molecule has 3 N–H and O–H groups in total. The van der Waals surface area contributed by atoms with Crippen LogP contribution in [0.3, 0.4) is 0 Å². The van der Waals surface area contributed by atoms with Gasteiger partial charge in [-0.05, 0) is 57.7 Å². The second kappa shape index (κ2) is 8.57. The van der Waals surface area contributed by atoms with Crippen molar-refractivity contribution in [1.82, 2.24) is 0 Å². The highest BCUT2D eigenvalue weighted by atomic mass is 127. The molecular weight excluding hydrogens is 485 g/mol. The van der Waals surface area contributed by atoms with Crippen molar-refractivity contribution in [2.45, 2.75) is 19.9 Å². The van der Waals surface area contributed by atoms with Gasteiger partial charge in [-0.3, -0.25) is 0 Å². The zero-order valence-electron chi connectivity index (χ0n) is 13.2. The summed E-state index contributed by atoms with van der Waals surface area (Å²) in [6.07, 6.45) is 0.984. The molecule has 0 atom stereocenters. The van der Waals surface area contributed by atoms with Crippen LogP contribution in [-0.2, 0) is 13.0 Å². The second-order valence-corrected chi connectivity index (χ2v) is 6.05. The zero-order chi connectivity index (χ0) is 16.2. The first-order chi connectivity index (χ1) is 11.2. The first-order valence-electron chi connectivity index (χ1n) is 7.39. The first kappa shape index (κ1) is 18.9. The minimum absolute atomic E-state index is 0. The second-order valence-electron chi connectivity index (χ2n) is 5.19. The highest BCUT2D eigenvalue weighted by molar-refractivity contribution is 14.0. The highest BCUT2D eigenvalue weighted by Crippen LogP contribution is 2.40. The van der Waals surface area contributed by atoms with Crippen LogP contribution in [0.2, 0.25) is 0 Å². The molecule has 0 saturated carbocycles. The summed E-state index contributed by atoms with van der Waals surface area (Å²) in [5, 5.41) is 3.11. The molecule has 0 fully saturated rings. The van der Waals surface area contributed by atoms with Gasteiger partial charge in [-0.2, -0.15) is 0 Å². The molecule has 0 bridgehead atoms. The van der Waals surface area contributed by atoms with Gasteiger partial charge in [-0.15, -0.1) is 24.0 Å². The fraction of sp³-hybridized carbons (Fsp3) is 0.235. The summed E-state index contributed by atoms with van der Waals surface area (Å²) in [5.41, 5.74) is 9.16. The lowest BCUT2D eigenvalue weighted by Crippen LogP contribution is -2.22. The minimum atomic E-state index is 0. The monoisotopic (exact) mass is 503 g/mol. The lowest BCUT2D eigenvalue weighted by atomic mass is 10.1. The van der Waals surface area contributed by atoms with Gasteiger partial charge >= 0.3 is 0 Å². The average Bonchev–Trinajstić information content (AvgIpc) is 3.02. The molecule has 1 aliphatic rings. The Hall–Kier alpha value is -1.48. The Bertz CT molecular complexity index is 753. The third-order valence-electron chi connectivity index (χ3n) is 3.53. The maximum absolute atomic E-state index is 5.97. The number of ether oxygens (including phenoxy) is 2. The maximum atomic E-state index is 5.97. The molecular formula is C17H19BrIN3O2. The number of guanidine groups is 1. The van der Waals surface area contributed by atoms with E-state index in [2.05, 4.69) is 45.3 Å². The predicted octanol–water partition coefficient (Wildman–Crippen LogP) is 4.29. The Labute approximate surface area is 166 Å². The third-order valence-corrected chi connectivity index (χ3v) is 4.12. The summed E-state index contributed by atoms with van der Waals surface area (Å²) in [7, 11) is 0. The molecule has 0 saturated heterocycles. The smallest absolute Gasteiger partial charge is 0.231 e. The average molecular weight is 504 g/mol. The van der Waals surface area contributed by atoms with Crippen LogP contribution in [-0.4, -0.2) is 12.8 Å². The number of fused-ring (bicyclic) bond motifs is 1. The molecule has 1 heterocycles. The molecule has 0 spiro atoms. The summed E-state index contributed by atoms with van der Waals surface area (Å²) in [6, 6.07) is 12.0. The Morgan fingerprint density at radius 2 is 2.08 bits per heavy atom. The molecule has 5 nitrogen and oxygen atoms in total. The van der Waals surface area contributed by atoms with Crippen molar-refractivity contribution < 1.29 is 9.47 Å². The van der Waals surface area contributed by atoms with E-state index in [4.69, 9.17) is 15.2 Å². The van der Waals surface area contributed by atoms with Gasteiger partial charge in [0.25, 0.3) is 0 Å². The maximum Gasteiger partial charge on any atom is 0.231 e. The molecule has 24 heavy (non-hydrogen) atoms. The summed E-state index contributed by atoms with van der Waals surface area (Å²) in [4.78, 5) is 4.38. The Morgan fingerprint density at radius 1 is 1.25 bits per heavy atom. The van der Waals surface area contributed by atoms with Gasteiger partial charge in [0.05, 0.1) is 11.0 Å². The van der Waals surface area contributed by atoms with Crippen LogP contribution in [0.15, 0.2) is 45.9 Å². The lowest BCUT2D eigenvalue weighted by Gasteiger charge is -2.08. The van der Waals surface area contributed by atoms with Gasteiger partial charge in [0.2, 0.25) is 6.79 Å². The van der Waals surface area contributed by atoms with E-state index in [1.807, 2.05) is 24.3 Å². The molecule has 0 amide bonds. The van der Waals surface area contributed by atoms with Crippen molar-refractivity contribution in [3.05, 3.63) is 52.0 Å². The molecule has 2 aromatic rings. The predicted molar refractivity (Wildman–Crippen MR) is 110 cm³/mol. The number of nitrogens with two attached hydrogens (primary N) is 1. The number of rotatable bonds is 4. The van der Waals surface area contributed by atoms with E-state index in [0.717, 1.165) is 33.6 Å². The van der Waals surface area contributed by atoms with Gasteiger partial charge in [-0.1, -0.05) is 19.1 Å². The van der Waals surface area contributed by atoms with E-state index in [1.165, 1.54) is 5.56 Å². The highest BCUT2D eigenvalue weighted by Gasteiger charge is 2.17. The van der Waals surface area contributed by atoms with Crippen molar-refractivity contribution in [2.75, 3.05) is 12.1 Å². The van der Waals surface area contributed by atoms with Crippen molar-refractivity contribution >= 4 is 51.6 Å². The molecule has 0 aliphatic carbocycles. The van der Waals surface area contributed by atoms with Gasteiger partial charge < -0.3 is 20.5 Å². The van der Waals surface area contributed by atoms with Crippen LogP contribution >= 0.6 is 39.9 Å². The quantitative estimate of drug-likeness (QED) is 0.371. The molecule has 0 aromatic heterocycles. The lowest BCUT2D eigenvalue weighted by molar-refractivity contribution is 0.173. The molecule has 2 aromatic carbocycles. The molecule has 0 radical (unpaired) electrons. The topological polar surface area (TPSA) is 68.9 Å². The van der Waals surface area contributed by atoms with E-state index >= 15 is 0 Å². The summed E-state index contributed by atoms with van der Waals surface area (Å²) in [6.45, 7) is 2.83. The number of aryl methyl sites for hydroxylation is 1. The number of nitrogens with one attached hydrogen (secondary N) is 1. The van der Waals surface area contributed by atoms with Gasteiger partial charge in [0.15, 0.2) is 17.5 Å². The largest absolute Gasteiger partial charge is 0.454 e. The molecule has 128 valence electrons. The number of halogens is 2. The van der Waals surface area contributed by atoms with Crippen LogP contribution in [0.25, 0.3) is 0 Å². The number of aliphatic imine (C=N–C) groups is 1. The van der Waals surface area contributed by atoms with Crippen molar-refractivity contribution in [2.24, 2.45) is 10.7 Å². The Balaban J connectivity index is 0.00000208. The summed E-state index contributed by atoms with van der Waals surface area (Å²) < 4.78 is 11.6. The van der Waals surface area contributed by atoms with E-state index in [-0.39, 0.29) is 30.8 Å². The van der Waals surface area contributed by atoms with Crippen LogP contribution in [0, 0.1) is 0 Å². The molecule has 3 rings (SSSR count). The van der Waals surface area contributed by atoms with Crippen LogP contribution in [0.1, 0.15) is 18.1 Å². The van der Waals surface area contributed by atoms with Gasteiger partial charge in [-0.25, -0.2) is 4.99 Å². The van der Waals surface area contributed by atoms with E-state index in [1.54, 1.807) is 0 Å². The Morgan fingerprint density at radius 3 is 2.88 bits per heavy atom. The van der Waals surface area contributed by atoms with E-state index in [9.17, 15) is 0 Å². The standard InChI is InChI=1S/C17H18BrN3O2.HI/c1-2-11-4-3-5-13(6-11)21-17(19)20-9-12-7-14(18)16-15(8-12)22-10-23-16;/h3-8H,2,9-10H2,1H3,(H3,19,20,21);1H. The number of anilines is 1. The molecule has 1 aliphatic heterocycles. The zero-order valence-corrected chi connectivity index (χ0v) is 17.1. The normalized spacial score (nSPS) is 12.7.